The van der Waals surface area contributed by atoms with Gasteiger partial charge in [0.25, 0.3) is 0 Å². The van der Waals surface area contributed by atoms with E-state index in [4.69, 9.17) is 69.7 Å². The molecule has 87 heavy (non-hydrogen) atoms. The standard InChI is InChI=1S/2C24H36O2.C21H32O.C3H5ClO.C2H4Cl2.Al.3ClH/c1-3-6-18-9-11-19(12-10-18)20-13-15-21(16-14-20)22-7-5-8-23(17-22)26-24(25)4-2;1-3-5-17-6-8-18(9-7-17)19-10-12-20(13-11-19)21-14-15-22(23(25)4-2)24(26)16-21;1-2-4-16-7-9-17(10-8-16)18-11-13-19(14-12-18)20-5-3-6-21(22)15-20;1-2-3(4)5;3-1-2-4;;;;/h5,7-8,17-21H,3-4,6,9-16H2,1-2H3;14-20,26H,3-13H2,1-2H3;3,5-6,15-19,22H,2,4,7-14H2,1H3;2H2,1H3;1-2H2;;3*1H/q;;;;;+3;;;/p-3. The van der Waals surface area contributed by atoms with Crippen LogP contribution in [0.15, 0.2) is 66.7 Å². The molecule has 3 aromatic carbocycles. The van der Waals surface area contributed by atoms with Gasteiger partial charge in [0.05, 0.1) is 5.56 Å². The molecule has 0 aliphatic heterocycles. The summed E-state index contributed by atoms with van der Waals surface area (Å²) in [6.45, 7) is 12.4. The topological polar surface area (TPSA) is 101 Å². The van der Waals surface area contributed by atoms with E-state index in [1.807, 2.05) is 50.2 Å². The summed E-state index contributed by atoms with van der Waals surface area (Å²) < 4.78 is 5.40. The Morgan fingerprint density at radius 3 is 1.08 bits per heavy atom. The smallest absolute Gasteiger partial charge is 0.508 e. The fourth-order valence-corrected chi connectivity index (χ4v) is 15.9. The quantitative estimate of drug-likeness (QED) is 0.0329. The second-order valence-corrected chi connectivity index (χ2v) is 34.0. The highest BCUT2D eigenvalue weighted by atomic mass is 35.8. The zero-order valence-electron chi connectivity index (χ0n) is 54.4. The van der Waals surface area contributed by atoms with Crippen molar-refractivity contribution in [3.8, 4) is 17.2 Å². The van der Waals surface area contributed by atoms with Crippen molar-refractivity contribution < 1.29 is 29.3 Å². The maximum atomic E-state index is 11.8. The van der Waals surface area contributed by atoms with Crippen molar-refractivity contribution in [2.45, 2.75) is 271 Å². The van der Waals surface area contributed by atoms with Gasteiger partial charge in [-0.2, -0.15) is 0 Å². The fourth-order valence-electron chi connectivity index (χ4n) is 15.9. The Balaban J connectivity index is 0.000000253. The Morgan fingerprint density at radius 2 is 0.782 bits per heavy atom. The van der Waals surface area contributed by atoms with Gasteiger partial charge in [-0.25, -0.2) is 30.1 Å². The third kappa shape index (κ3) is 29.5. The minimum absolute atomic E-state index is 0.0245. The number of carbonyl (C=O) groups excluding carboxylic acids is 3. The van der Waals surface area contributed by atoms with Crippen molar-refractivity contribution in [1.82, 2.24) is 0 Å². The van der Waals surface area contributed by atoms with Gasteiger partial charge in [-0.3, -0.25) is 14.4 Å². The van der Waals surface area contributed by atoms with E-state index in [0.29, 0.717) is 65.8 Å². The largest absolute Gasteiger partial charge is 0.643 e. The first-order valence-electron chi connectivity index (χ1n) is 34.7. The molecule has 6 nitrogen and oxygen atoms in total. The maximum Gasteiger partial charge on any atom is 0.643 e. The van der Waals surface area contributed by atoms with E-state index in [2.05, 4.69) is 45.0 Å². The molecule has 3 aromatic rings. The van der Waals surface area contributed by atoms with Crippen molar-refractivity contribution >= 4 is 93.3 Å². The molecule has 6 fully saturated rings. The molecular formula is C74H113AlCl6O6. The number of alkyl halides is 2. The monoisotopic (exact) mass is 1330 g/mol. The molecule has 0 unspecified atom stereocenters. The van der Waals surface area contributed by atoms with E-state index in [1.165, 1.54) is 209 Å². The first-order valence-corrected chi connectivity index (χ1v) is 41.4. The molecule has 6 aliphatic carbocycles. The zero-order valence-corrected chi connectivity index (χ0v) is 60.1. The van der Waals surface area contributed by atoms with Gasteiger partial charge in [0.15, 0.2) is 5.78 Å². The summed E-state index contributed by atoms with van der Waals surface area (Å²) in [6.07, 6.45) is 43.3. The first kappa shape index (κ1) is 77.8. The summed E-state index contributed by atoms with van der Waals surface area (Å²) in [7, 11) is 14.8. The number of halogens is 6. The van der Waals surface area contributed by atoms with E-state index in [0.717, 1.165) is 53.3 Å². The number of phenolic OH excluding ortho intramolecular Hbond substituents is 2. The predicted molar refractivity (Wildman–Crippen MR) is 374 cm³/mol. The van der Waals surface area contributed by atoms with Gasteiger partial charge in [-0.15, -0.1) is 23.2 Å². The van der Waals surface area contributed by atoms with Crippen LogP contribution < -0.4 is 4.74 Å². The average molecular weight is 1340 g/mol. The molecule has 6 aliphatic rings. The van der Waals surface area contributed by atoms with E-state index in [9.17, 15) is 24.6 Å². The molecular weight excluding hydrogens is 1220 g/mol. The van der Waals surface area contributed by atoms with E-state index in [1.54, 1.807) is 13.0 Å². The van der Waals surface area contributed by atoms with E-state index in [-0.39, 0.29) is 22.7 Å². The van der Waals surface area contributed by atoms with E-state index < -0.39 is 11.4 Å². The van der Waals surface area contributed by atoms with E-state index >= 15 is 0 Å². The van der Waals surface area contributed by atoms with Gasteiger partial charge in [0.1, 0.15) is 17.2 Å². The molecule has 0 atom stereocenters. The van der Waals surface area contributed by atoms with Gasteiger partial charge >= 0.3 is 17.4 Å². The number of hydrogen-bond acceptors (Lipinski definition) is 6. The van der Waals surface area contributed by atoms with Crippen LogP contribution in [0.2, 0.25) is 0 Å². The predicted octanol–water partition coefficient (Wildman–Crippen LogP) is 24.3. The number of hydrogen-bond donors (Lipinski definition) is 2. The SMILES string of the molecule is CCC(=O)Cl.CCCC1CCC(C2CCC(c3ccc(C(=O)CC)c(O)c3)CC2)CC1.CCCC1CCC(C2CCC(c3cccc(O)c3)CC2)CC1.CCCC1CCC(C2CCC(c3cccc(OC(=O)CC)c3)CC2)CC1.ClCCCl.[Cl][Al]([Cl])[Cl]. The average Bonchev–Trinajstić information content (AvgIpc) is 3.75. The molecule has 2 N–H and O–H groups in total. The number of aromatic hydroxyl groups is 2. The Bertz CT molecular complexity index is 2320. The van der Waals surface area contributed by atoms with Crippen LogP contribution in [0.3, 0.4) is 0 Å². The van der Waals surface area contributed by atoms with Crippen molar-refractivity contribution in [1.29, 1.82) is 0 Å². The number of Topliss-reactive ketones (excluding diaryl/α,β-unsaturated/α-hetero) is 1. The van der Waals surface area contributed by atoms with Gasteiger partial charge in [-0.05, 0) is 251 Å². The Kier molecular flexibility index (Phi) is 40.1. The fraction of sp³-hybridized carbons (Fsp3) is 0.716. The molecule has 6 saturated carbocycles. The van der Waals surface area contributed by atoms with Crippen LogP contribution in [-0.4, -0.2) is 50.4 Å². The number of carbonyl (C=O) groups is 3. The minimum Gasteiger partial charge on any atom is -0.508 e. The summed E-state index contributed by atoms with van der Waals surface area (Å²) in [5, 5.41) is 19.6. The number of ether oxygens (including phenoxy) is 1. The second kappa shape index (κ2) is 44.8. The Hall–Kier alpha value is -1.66. The molecule has 13 heteroatoms. The van der Waals surface area contributed by atoms with Gasteiger partial charge in [-0.1, -0.05) is 149 Å². The lowest BCUT2D eigenvalue weighted by atomic mass is 9.68. The zero-order chi connectivity index (χ0) is 63.5. The van der Waals surface area contributed by atoms with Crippen LogP contribution in [0.5, 0.6) is 17.2 Å². The van der Waals surface area contributed by atoms with Crippen molar-refractivity contribution in [3.63, 3.8) is 0 Å². The highest BCUT2D eigenvalue weighted by Crippen LogP contribution is 2.48. The molecule has 0 amide bonds. The minimum atomic E-state index is -1.72. The first-order chi connectivity index (χ1) is 42.0. The lowest BCUT2D eigenvalue weighted by Crippen LogP contribution is -2.25. The summed E-state index contributed by atoms with van der Waals surface area (Å²) >= 11 is 13.2. The lowest BCUT2D eigenvalue weighted by Gasteiger charge is -2.38. The van der Waals surface area contributed by atoms with Crippen LogP contribution in [0.25, 0.3) is 0 Å². The molecule has 0 radical (unpaired) electrons. The van der Waals surface area contributed by atoms with Gasteiger partial charge in [0.2, 0.25) is 5.24 Å². The summed E-state index contributed by atoms with van der Waals surface area (Å²) in [5.41, 5.74) is 4.41. The Morgan fingerprint density at radius 1 is 0.448 bits per heavy atom. The van der Waals surface area contributed by atoms with Crippen LogP contribution >= 0.6 is 65.0 Å². The lowest BCUT2D eigenvalue weighted by molar-refractivity contribution is -0.134. The number of esters is 1. The molecule has 0 saturated heterocycles. The summed E-state index contributed by atoms with van der Waals surface area (Å²) in [5.74, 6) is 13.0. The van der Waals surface area contributed by atoms with Crippen LogP contribution in [0, 0.1) is 53.3 Å². The third-order valence-electron chi connectivity index (χ3n) is 20.7. The molecule has 0 bridgehead atoms. The summed E-state index contributed by atoms with van der Waals surface area (Å²) in [4.78, 5) is 33.0. The number of rotatable bonds is 18. The number of phenols is 2. The van der Waals surface area contributed by atoms with Crippen LogP contribution in [-0.2, 0) is 9.59 Å². The maximum absolute atomic E-state index is 11.8. The van der Waals surface area contributed by atoms with Gasteiger partial charge in [0, 0.05) is 31.0 Å². The van der Waals surface area contributed by atoms with Crippen molar-refractivity contribution in [3.05, 3.63) is 89.0 Å². The van der Waals surface area contributed by atoms with Gasteiger partial charge < -0.3 is 14.9 Å². The van der Waals surface area contributed by atoms with Crippen molar-refractivity contribution in [2.75, 3.05) is 11.8 Å². The highest BCUT2D eigenvalue weighted by molar-refractivity contribution is 7.54. The van der Waals surface area contributed by atoms with Crippen LogP contribution in [0.4, 0.5) is 0 Å². The molecule has 0 spiro atoms. The Labute approximate surface area is 560 Å². The molecule has 490 valence electrons. The van der Waals surface area contributed by atoms with Crippen LogP contribution in [0.1, 0.15) is 298 Å². The number of ketones is 1. The molecule has 0 heterocycles. The van der Waals surface area contributed by atoms with Crippen molar-refractivity contribution in [2.24, 2.45) is 53.3 Å². The third-order valence-corrected chi connectivity index (χ3v) is 21.6. The second-order valence-electron chi connectivity index (χ2n) is 26.4. The number of benzene rings is 3. The summed E-state index contributed by atoms with van der Waals surface area (Å²) in [6, 6.07) is 21.9. The highest BCUT2D eigenvalue weighted by Gasteiger charge is 2.34. The molecule has 9 rings (SSSR count). The normalized spacial score (nSPS) is 26.9. The molecule has 0 aromatic heterocycles.